The van der Waals surface area contributed by atoms with E-state index in [0.29, 0.717) is 10.7 Å². The van der Waals surface area contributed by atoms with E-state index in [2.05, 4.69) is 15.4 Å². The minimum Gasteiger partial charge on any atom is -0.404 e. The maximum atomic E-state index is 12.3. The van der Waals surface area contributed by atoms with Gasteiger partial charge in [0.15, 0.2) is 5.75 Å². The number of amides is 1. The van der Waals surface area contributed by atoms with Crippen molar-refractivity contribution in [3.8, 4) is 5.75 Å². The molecule has 0 aromatic heterocycles. The van der Waals surface area contributed by atoms with E-state index < -0.39 is 18.0 Å². The van der Waals surface area contributed by atoms with Crippen LogP contribution in [-0.2, 0) is 4.79 Å². The van der Waals surface area contributed by atoms with Crippen molar-refractivity contribution in [1.82, 2.24) is 0 Å². The lowest BCUT2D eigenvalue weighted by molar-refractivity contribution is -0.274. The number of benzene rings is 2. The Morgan fingerprint density at radius 2 is 1.74 bits per heavy atom. The molecule has 0 heterocycles. The molecule has 8 heteroatoms. The number of alkyl halides is 3. The molecule has 0 saturated carbocycles. The zero-order chi connectivity index (χ0) is 16.9. The minimum absolute atomic E-state index is 0.0658. The number of anilines is 2. The van der Waals surface area contributed by atoms with E-state index in [4.69, 9.17) is 11.6 Å². The van der Waals surface area contributed by atoms with E-state index in [9.17, 15) is 18.0 Å². The van der Waals surface area contributed by atoms with E-state index in [-0.39, 0.29) is 12.2 Å². The molecule has 23 heavy (non-hydrogen) atoms. The second-order valence-corrected chi connectivity index (χ2v) is 4.89. The molecule has 0 aliphatic carbocycles. The van der Waals surface area contributed by atoms with Gasteiger partial charge in [-0.3, -0.25) is 4.79 Å². The van der Waals surface area contributed by atoms with Gasteiger partial charge in [0.05, 0.1) is 12.2 Å². The van der Waals surface area contributed by atoms with Crippen LogP contribution in [-0.4, -0.2) is 18.8 Å². The fraction of sp³-hybridized carbons (Fsp3) is 0.133. The van der Waals surface area contributed by atoms with Crippen LogP contribution < -0.4 is 15.4 Å². The van der Waals surface area contributed by atoms with Gasteiger partial charge in [0.1, 0.15) is 0 Å². The van der Waals surface area contributed by atoms with E-state index in [1.807, 2.05) is 0 Å². The minimum atomic E-state index is -4.80. The third-order valence-electron chi connectivity index (χ3n) is 2.68. The number of carbonyl (C=O) groups excluding carboxylic acids is 1. The molecule has 2 aromatic carbocycles. The van der Waals surface area contributed by atoms with E-state index in [1.54, 1.807) is 24.3 Å². The van der Waals surface area contributed by atoms with Crippen molar-refractivity contribution >= 4 is 28.9 Å². The van der Waals surface area contributed by atoms with Crippen molar-refractivity contribution in [2.24, 2.45) is 0 Å². The number of nitrogens with one attached hydrogen (secondary N) is 2. The lowest BCUT2D eigenvalue weighted by Gasteiger charge is -2.14. The summed E-state index contributed by atoms with van der Waals surface area (Å²) in [6, 6.07) is 11.9. The van der Waals surface area contributed by atoms with Crippen LogP contribution in [0.3, 0.4) is 0 Å². The van der Waals surface area contributed by atoms with Gasteiger partial charge in [-0.05, 0) is 36.4 Å². The Morgan fingerprint density at radius 3 is 2.39 bits per heavy atom. The molecule has 1 amide bonds. The molecule has 2 aromatic rings. The average molecular weight is 345 g/mol. The summed E-state index contributed by atoms with van der Waals surface area (Å²) in [4.78, 5) is 11.8. The van der Waals surface area contributed by atoms with Crippen molar-refractivity contribution < 1.29 is 22.7 Å². The largest absolute Gasteiger partial charge is 0.573 e. The summed E-state index contributed by atoms with van der Waals surface area (Å²) in [6.45, 7) is -0.221. The average Bonchev–Trinajstić information content (AvgIpc) is 2.47. The number of halogens is 4. The first-order chi connectivity index (χ1) is 10.8. The summed E-state index contributed by atoms with van der Waals surface area (Å²) in [7, 11) is 0. The van der Waals surface area contributed by atoms with E-state index in [0.717, 1.165) is 6.07 Å². The number of hydrogen-bond acceptors (Lipinski definition) is 3. The van der Waals surface area contributed by atoms with Crippen molar-refractivity contribution in [3.63, 3.8) is 0 Å². The Morgan fingerprint density at radius 1 is 1.09 bits per heavy atom. The molecule has 0 spiro atoms. The van der Waals surface area contributed by atoms with Gasteiger partial charge in [-0.15, -0.1) is 13.2 Å². The molecular weight excluding hydrogens is 333 g/mol. The lowest BCUT2D eigenvalue weighted by atomic mass is 10.3. The van der Waals surface area contributed by atoms with Gasteiger partial charge < -0.3 is 15.4 Å². The van der Waals surface area contributed by atoms with Crippen LogP contribution in [0, 0.1) is 0 Å². The van der Waals surface area contributed by atoms with Crippen molar-refractivity contribution in [2.45, 2.75) is 6.36 Å². The van der Waals surface area contributed by atoms with Crippen LogP contribution in [0.15, 0.2) is 48.5 Å². The molecule has 0 bridgehead atoms. The SMILES string of the molecule is O=C(CNc1ccccc1OC(F)(F)F)Nc1ccc(Cl)cc1. The third-order valence-corrected chi connectivity index (χ3v) is 2.93. The molecule has 0 saturated heterocycles. The van der Waals surface area contributed by atoms with Gasteiger partial charge in [0, 0.05) is 10.7 Å². The molecule has 0 unspecified atom stereocenters. The molecule has 2 N–H and O–H groups in total. The molecule has 0 aliphatic heterocycles. The Labute approximate surface area is 135 Å². The van der Waals surface area contributed by atoms with Gasteiger partial charge in [0.2, 0.25) is 5.91 Å². The molecule has 2 rings (SSSR count). The summed E-state index contributed by atoms with van der Waals surface area (Å²) in [5.41, 5.74) is 0.595. The number of para-hydroxylation sites is 2. The van der Waals surface area contributed by atoms with Crippen molar-refractivity contribution in [1.29, 1.82) is 0 Å². The fourth-order valence-corrected chi connectivity index (χ4v) is 1.87. The standard InChI is InChI=1S/C15H12ClF3N2O2/c16-10-5-7-11(8-6-10)21-14(22)9-20-12-3-1-2-4-13(12)23-15(17,18)19/h1-8,20H,9H2,(H,21,22). The maximum Gasteiger partial charge on any atom is 0.573 e. The highest BCUT2D eigenvalue weighted by Gasteiger charge is 2.32. The van der Waals surface area contributed by atoms with Gasteiger partial charge in [0.25, 0.3) is 0 Å². The molecule has 0 aliphatic rings. The topological polar surface area (TPSA) is 50.4 Å². The normalized spacial score (nSPS) is 11.0. The second-order valence-electron chi connectivity index (χ2n) is 4.45. The number of rotatable bonds is 5. The van der Waals surface area contributed by atoms with Crippen molar-refractivity contribution in [3.05, 3.63) is 53.6 Å². The lowest BCUT2D eigenvalue weighted by Crippen LogP contribution is -2.23. The highest BCUT2D eigenvalue weighted by Crippen LogP contribution is 2.29. The Bertz CT molecular complexity index is 675. The third kappa shape index (κ3) is 5.71. The molecule has 0 radical (unpaired) electrons. The van der Waals surface area contributed by atoms with Crippen LogP contribution in [0.25, 0.3) is 0 Å². The van der Waals surface area contributed by atoms with Gasteiger partial charge in [-0.25, -0.2) is 0 Å². The Hall–Kier alpha value is -2.41. The molecule has 0 fully saturated rings. The zero-order valence-corrected chi connectivity index (χ0v) is 12.4. The summed E-state index contributed by atoms with van der Waals surface area (Å²) >= 11 is 5.73. The smallest absolute Gasteiger partial charge is 0.404 e. The summed E-state index contributed by atoms with van der Waals surface area (Å²) in [5, 5.41) is 5.72. The fourth-order valence-electron chi connectivity index (χ4n) is 1.74. The van der Waals surface area contributed by atoms with Crippen molar-refractivity contribution in [2.75, 3.05) is 17.2 Å². The van der Waals surface area contributed by atoms with Crippen LogP contribution in [0.2, 0.25) is 5.02 Å². The molecule has 122 valence electrons. The Balaban J connectivity index is 1.95. The highest BCUT2D eigenvalue weighted by atomic mass is 35.5. The highest BCUT2D eigenvalue weighted by molar-refractivity contribution is 6.30. The van der Waals surface area contributed by atoms with E-state index >= 15 is 0 Å². The summed E-state index contributed by atoms with van der Waals surface area (Å²) in [5.74, 6) is -0.826. The van der Waals surface area contributed by atoms with Crippen LogP contribution in [0.5, 0.6) is 5.75 Å². The summed E-state index contributed by atoms with van der Waals surface area (Å²) in [6.07, 6.45) is -4.80. The number of ether oxygens (including phenoxy) is 1. The summed E-state index contributed by atoms with van der Waals surface area (Å²) < 4.78 is 40.8. The molecule has 4 nitrogen and oxygen atoms in total. The first kappa shape index (κ1) is 17.0. The quantitative estimate of drug-likeness (QED) is 0.850. The second kappa shape index (κ2) is 7.23. The van der Waals surface area contributed by atoms with Gasteiger partial charge >= 0.3 is 6.36 Å². The van der Waals surface area contributed by atoms with Crippen LogP contribution >= 0.6 is 11.6 Å². The first-order valence-corrected chi connectivity index (χ1v) is 6.85. The monoisotopic (exact) mass is 344 g/mol. The molecular formula is C15H12ClF3N2O2. The van der Waals surface area contributed by atoms with Gasteiger partial charge in [-0.2, -0.15) is 0 Å². The predicted molar refractivity (Wildman–Crippen MR) is 81.7 cm³/mol. The number of hydrogen-bond donors (Lipinski definition) is 2. The number of carbonyl (C=O) groups is 1. The van der Waals surface area contributed by atoms with Gasteiger partial charge in [-0.1, -0.05) is 23.7 Å². The first-order valence-electron chi connectivity index (χ1n) is 6.47. The molecule has 0 atom stereocenters. The van der Waals surface area contributed by atoms with Crippen LogP contribution in [0.4, 0.5) is 24.5 Å². The van der Waals surface area contributed by atoms with E-state index in [1.165, 1.54) is 18.2 Å². The maximum absolute atomic E-state index is 12.3. The predicted octanol–water partition coefficient (Wildman–Crippen LogP) is 4.29. The zero-order valence-electron chi connectivity index (χ0n) is 11.7. The van der Waals surface area contributed by atoms with Crippen LogP contribution in [0.1, 0.15) is 0 Å². The Kier molecular flexibility index (Phi) is 5.33.